The fraction of sp³-hybridized carbons (Fsp3) is 0.500. The minimum absolute atomic E-state index is 0.0419. The first kappa shape index (κ1) is 13.3. The van der Waals surface area contributed by atoms with E-state index < -0.39 is 0 Å². The van der Waals surface area contributed by atoms with E-state index in [1.54, 1.807) is 0 Å². The molecule has 1 unspecified atom stereocenters. The van der Waals surface area contributed by atoms with Gasteiger partial charge in [-0.05, 0) is 29.9 Å². The number of aromatic nitrogens is 2. The number of aryl methyl sites for hydroxylation is 1. The summed E-state index contributed by atoms with van der Waals surface area (Å²) in [5.74, 6) is 2.17. The van der Waals surface area contributed by atoms with E-state index in [1.165, 1.54) is 11.1 Å². The van der Waals surface area contributed by atoms with Gasteiger partial charge in [-0.25, -0.2) is 0 Å². The number of nitrogens with zero attached hydrogens (tertiary/aromatic N) is 2. The summed E-state index contributed by atoms with van der Waals surface area (Å²) in [4.78, 5) is 4.56. The Bertz CT molecular complexity index is 577. The molecule has 0 spiro atoms. The maximum atomic E-state index is 5.47. The molecule has 0 saturated carbocycles. The lowest BCUT2D eigenvalue weighted by atomic mass is 9.94. The molecule has 1 aromatic carbocycles. The Hall–Kier alpha value is -1.68. The van der Waals surface area contributed by atoms with Crippen LogP contribution in [-0.2, 0) is 12.8 Å². The van der Waals surface area contributed by atoms with E-state index in [0.29, 0.717) is 11.8 Å². The van der Waals surface area contributed by atoms with Gasteiger partial charge in [0, 0.05) is 13.0 Å². The Morgan fingerprint density at radius 2 is 2.20 bits per heavy atom. The zero-order valence-electron chi connectivity index (χ0n) is 12.1. The van der Waals surface area contributed by atoms with Crippen molar-refractivity contribution in [2.75, 3.05) is 6.54 Å². The Balaban J connectivity index is 1.80. The molecule has 20 heavy (non-hydrogen) atoms. The van der Waals surface area contributed by atoms with Crippen LogP contribution in [0.2, 0.25) is 0 Å². The molecule has 0 aliphatic carbocycles. The Morgan fingerprint density at radius 1 is 1.35 bits per heavy atom. The van der Waals surface area contributed by atoms with Crippen LogP contribution in [0.4, 0.5) is 0 Å². The average Bonchev–Trinajstić information content (AvgIpc) is 2.93. The molecule has 0 radical (unpaired) electrons. The highest BCUT2D eigenvalue weighted by Crippen LogP contribution is 2.27. The van der Waals surface area contributed by atoms with Gasteiger partial charge in [-0.2, -0.15) is 4.98 Å². The molecule has 2 aromatic rings. The summed E-state index contributed by atoms with van der Waals surface area (Å²) in [5, 5.41) is 7.58. The first-order valence-corrected chi connectivity index (χ1v) is 7.37. The molecular weight excluding hydrogens is 250 g/mol. The SMILES string of the molecule is CC(C)CCc1noc(C2NCCc3ccccc32)n1. The van der Waals surface area contributed by atoms with Crippen LogP contribution in [0.25, 0.3) is 0 Å². The van der Waals surface area contributed by atoms with Crippen molar-refractivity contribution >= 4 is 0 Å². The van der Waals surface area contributed by atoms with Crippen molar-refractivity contribution in [1.82, 2.24) is 15.5 Å². The van der Waals surface area contributed by atoms with Crippen LogP contribution in [0, 0.1) is 5.92 Å². The van der Waals surface area contributed by atoms with Crippen molar-refractivity contribution in [2.24, 2.45) is 5.92 Å². The van der Waals surface area contributed by atoms with E-state index in [0.717, 1.165) is 31.6 Å². The van der Waals surface area contributed by atoms with Gasteiger partial charge in [-0.1, -0.05) is 43.3 Å². The summed E-state index contributed by atoms with van der Waals surface area (Å²) in [6, 6.07) is 8.52. The van der Waals surface area contributed by atoms with Gasteiger partial charge in [0.1, 0.15) is 6.04 Å². The molecular formula is C16H21N3O. The smallest absolute Gasteiger partial charge is 0.248 e. The van der Waals surface area contributed by atoms with Gasteiger partial charge in [-0.15, -0.1) is 0 Å². The van der Waals surface area contributed by atoms with Gasteiger partial charge in [0.15, 0.2) is 5.82 Å². The second kappa shape index (κ2) is 5.75. The monoisotopic (exact) mass is 271 g/mol. The topological polar surface area (TPSA) is 51.0 Å². The number of fused-ring (bicyclic) bond motifs is 1. The average molecular weight is 271 g/mol. The van der Waals surface area contributed by atoms with Gasteiger partial charge < -0.3 is 9.84 Å². The number of hydrogen-bond acceptors (Lipinski definition) is 4. The quantitative estimate of drug-likeness (QED) is 0.929. The summed E-state index contributed by atoms with van der Waals surface area (Å²) in [5.41, 5.74) is 2.64. The zero-order chi connectivity index (χ0) is 13.9. The van der Waals surface area contributed by atoms with Crippen LogP contribution in [0.15, 0.2) is 28.8 Å². The molecule has 1 aliphatic heterocycles. The van der Waals surface area contributed by atoms with E-state index in [2.05, 4.69) is 53.6 Å². The van der Waals surface area contributed by atoms with Crippen molar-refractivity contribution in [3.63, 3.8) is 0 Å². The van der Waals surface area contributed by atoms with E-state index >= 15 is 0 Å². The Kier molecular flexibility index (Phi) is 3.83. The Labute approximate surface area is 119 Å². The third kappa shape index (κ3) is 2.75. The molecule has 4 heteroatoms. The molecule has 0 bridgehead atoms. The van der Waals surface area contributed by atoms with E-state index in [9.17, 15) is 0 Å². The molecule has 3 rings (SSSR count). The molecule has 0 saturated heterocycles. The van der Waals surface area contributed by atoms with Crippen LogP contribution in [-0.4, -0.2) is 16.7 Å². The lowest BCUT2D eigenvalue weighted by Gasteiger charge is -2.23. The number of benzene rings is 1. The van der Waals surface area contributed by atoms with Crippen LogP contribution in [0.3, 0.4) is 0 Å². The summed E-state index contributed by atoms with van der Waals surface area (Å²) in [6.07, 6.45) is 3.03. The fourth-order valence-electron chi connectivity index (χ4n) is 2.63. The Morgan fingerprint density at radius 3 is 3.05 bits per heavy atom. The largest absolute Gasteiger partial charge is 0.337 e. The predicted molar refractivity (Wildman–Crippen MR) is 77.4 cm³/mol. The third-order valence-electron chi connectivity index (χ3n) is 3.78. The maximum Gasteiger partial charge on any atom is 0.248 e. The predicted octanol–water partition coefficient (Wildman–Crippen LogP) is 2.89. The minimum atomic E-state index is 0.0419. The third-order valence-corrected chi connectivity index (χ3v) is 3.78. The first-order chi connectivity index (χ1) is 9.74. The van der Waals surface area contributed by atoms with Crippen LogP contribution >= 0.6 is 0 Å². The molecule has 106 valence electrons. The minimum Gasteiger partial charge on any atom is -0.337 e. The summed E-state index contributed by atoms with van der Waals surface area (Å²) in [6.45, 7) is 5.37. The normalized spacial score (nSPS) is 18.2. The molecule has 2 heterocycles. The van der Waals surface area contributed by atoms with E-state index in [-0.39, 0.29) is 6.04 Å². The van der Waals surface area contributed by atoms with Crippen molar-refractivity contribution < 1.29 is 4.52 Å². The van der Waals surface area contributed by atoms with Crippen molar-refractivity contribution in [3.8, 4) is 0 Å². The second-order valence-electron chi connectivity index (χ2n) is 5.82. The number of hydrogen-bond donors (Lipinski definition) is 1. The van der Waals surface area contributed by atoms with Crippen molar-refractivity contribution in [2.45, 2.75) is 39.2 Å². The molecule has 0 fully saturated rings. The number of nitrogens with one attached hydrogen (secondary N) is 1. The molecule has 1 atom stereocenters. The van der Waals surface area contributed by atoms with Crippen LogP contribution in [0.5, 0.6) is 0 Å². The van der Waals surface area contributed by atoms with Crippen molar-refractivity contribution in [3.05, 3.63) is 47.1 Å². The van der Waals surface area contributed by atoms with Gasteiger partial charge >= 0.3 is 0 Å². The molecule has 1 aromatic heterocycles. The lowest BCUT2D eigenvalue weighted by molar-refractivity contribution is 0.339. The maximum absolute atomic E-state index is 5.47. The molecule has 1 aliphatic rings. The zero-order valence-corrected chi connectivity index (χ0v) is 12.1. The first-order valence-electron chi connectivity index (χ1n) is 7.37. The highest BCUT2D eigenvalue weighted by Gasteiger charge is 2.25. The van der Waals surface area contributed by atoms with Gasteiger partial charge in [0.2, 0.25) is 5.89 Å². The van der Waals surface area contributed by atoms with E-state index in [4.69, 9.17) is 4.52 Å². The van der Waals surface area contributed by atoms with Crippen LogP contribution < -0.4 is 5.32 Å². The standard InChI is InChI=1S/C16H21N3O/c1-11(2)7-8-14-18-16(20-19-14)15-13-6-4-3-5-12(13)9-10-17-15/h3-6,11,15,17H,7-10H2,1-2H3. The summed E-state index contributed by atoms with van der Waals surface area (Å²) < 4.78 is 5.47. The van der Waals surface area contributed by atoms with Gasteiger partial charge in [0.25, 0.3) is 0 Å². The summed E-state index contributed by atoms with van der Waals surface area (Å²) >= 11 is 0. The molecule has 1 N–H and O–H groups in total. The van der Waals surface area contributed by atoms with Gasteiger partial charge in [0.05, 0.1) is 0 Å². The van der Waals surface area contributed by atoms with Crippen molar-refractivity contribution in [1.29, 1.82) is 0 Å². The second-order valence-corrected chi connectivity index (χ2v) is 5.82. The summed E-state index contributed by atoms with van der Waals surface area (Å²) in [7, 11) is 0. The highest BCUT2D eigenvalue weighted by molar-refractivity contribution is 5.35. The van der Waals surface area contributed by atoms with Gasteiger partial charge in [-0.3, -0.25) is 0 Å². The van der Waals surface area contributed by atoms with E-state index in [1.807, 2.05) is 0 Å². The number of rotatable bonds is 4. The van der Waals surface area contributed by atoms with Crippen LogP contribution in [0.1, 0.15) is 49.2 Å². The molecule has 4 nitrogen and oxygen atoms in total. The fourth-order valence-corrected chi connectivity index (χ4v) is 2.63. The lowest BCUT2D eigenvalue weighted by Crippen LogP contribution is -2.30. The molecule has 0 amide bonds. The highest BCUT2D eigenvalue weighted by atomic mass is 16.5.